The number of nitrogens with one attached hydrogen (secondary N) is 6. The summed E-state index contributed by atoms with van der Waals surface area (Å²) in [6, 6.07) is 65.3. The van der Waals surface area contributed by atoms with Crippen LogP contribution in [0.2, 0.25) is 15.1 Å². The highest BCUT2D eigenvalue weighted by Gasteiger charge is 2.20. The molecule has 6 N–H and O–H groups in total. The Balaban J connectivity index is 0.000000129. The fourth-order valence-corrected chi connectivity index (χ4v) is 12.2. The first-order valence-electron chi connectivity index (χ1n) is 34.0. The van der Waals surface area contributed by atoms with Crippen LogP contribution >= 0.6 is 34.8 Å². The highest BCUT2D eigenvalue weighted by Crippen LogP contribution is 2.33. The first-order valence-corrected chi connectivity index (χ1v) is 35.1. The number of aryl methyl sites for hydroxylation is 4. The summed E-state index contributed by atoms with van der Waals surface area (Å²) in [5.41, 5.74) is 16.0. The Morgan fingerprint density at radius 3 is 1.34 bits per heavy atom. The first kappa shape index (κ1) is 74.5. The molecule has 110 heavy (non-hydrogen) atoms. The number of amides is 4. The topological polar surface area (TPSA) is 248 Å². The van der Waals surface area contributed by atoms with Crippen LogP contribution in [0.3, 0.4) is 0 Å². The van der Waals surface area contributed by atoms with Crippen LogP contribution in [0.4, 0.5) is 65.7 Å². The predicted molar refractivity (Wildman–Crippen MR) is 428 cm³/mol. The average molecular weight is 1530 g/mol. The molecule has 0 radical (unpaired) electrons. The molecule has 8 heterocycles. The van der Waals surface area contributed by atoms with Crippen molar-refractivity contribution in [1.82, 2.24) is 48.4 Å². The number of fused-ring (bicyclic) bond motifs is 4. The second kappa shape index (κ2) is 33.7. The molecule has 27 heteroatoms. The number of hydrogen-bond acceptors (Lipinski definition) is 14. The Hall–Kier alpha value is -13.8. The summed E-state index contributed by atoms with van der Waals surface area (Å²) in [5, 5.41) is 35.8. The zero-order valence-corrected chi connectivity index (χ0v) is 61.6. The molecule has 0 saturated heterocycles. The molecule has 0 atom stereocenters. The molecule has 8 aromatic carbocycles. The molecule has 0 saturated carbocycles. The monoisotopic (exact) mass is 1520 g/mol. The fourth-order valence-electron chi connectivity index (χ4n) is 11.5. The number of anilines is 10. The van der Waals surface area contributed by atoms with Gasteiger partial charge in [0.1, 0.15) is 41.4 Å². The molecule has 16 rings (SSSR count). The van der Waals surface area contributed by atoms with Crippen molar-refractivity contribution >= 4 is 138 Å². The number of nitrogens with zero attached hydrogens (tertiary/aromatic N) is 11. The predicted octanol–water partition coefficient (Wildman–Crippen LogP) is 19.7. The summed E-state index contributed by atoms with van der Waals surface area (Å²) in [6.45, 7) is 7.96. The number of pyridine rings is 4. The van der Waals surface area contributed by atoms with Gasteiger partial charge in [-0.05, 0) is 202 Å². The maximum Gasteiger partial charge on any atom is 0.261 e. The molecular formula is C83H66Cl3F2N17O5. The molecule has 16 aromatic rings. The largest absolute Gasteiger partial charge is 0.455 e. The Morgan fingerprint density at radius 1 is 0.400 bits per heavy atom. The van der Waals surface area contributed by atoms with E-state index in [0.29, 0.717) is 71.7 Å². The maximum atomic E-state index is 13.8. The van der Waals surface area contributed by atoms with Crippen LogP contribution < -0.4 is 41.5 Å². The lowest BCUT2D eigenvalue weighted by Crippen LogP contribution is -2.15. The van der Waals surface area contributed by atoms with Crippen molar-refractivity contribution < 1.29 is 32.7 Å². The highest BCUT2D eigenvalue weighted by molar-refractivity contribution is 6.35. The van der Waals surface area contributed by atoms with Gasteiger partial charge in [0.25, 0.3) is 23.6 Å². The summed E-state index contributed by atoms with van der Waals surface area (Å²) in [7, 11) is 2.00. The minimum atomic E-state index is -0.913. The molecule has 0 aliphatic carbocycles. The van der Waals surface area contributed by atoms with Gasteiger partial charge in [0.2, 0.25) is 0 Å². The molecule has 4 amide bonds. The van der Waals surface area contributed by atoms with Gasteiger partial charge in [-0.15, -0.1) is 0 Å². The normalized spacial score (nSPS) is 10.8. The van der Waals surface area contributed by atoms with Gasteiger partial charge in [0, 0.05) is 77.2 Å². The number of aromatic nitrogens is 10. The van der Waals surface area contributed by atoms with E-state index >= 15 is 0 Å². The zero-order valence-electron chi connectivity index (χ0n) is 59.3. The van der Waals surface area contributed by atoms with Crippen molar-refractivity contribution in [2.75, 3.05) is 43.8 Å². The van der Waals surface area contributed by atoms with Gasteiger partial charge in [-0.1, -0.05) is 102 Å². The molecule has 0 bridgehead atoms. The van der Waals surface area contributed by atoms with Gasteiger partial charge in [0.05, 0.1) is 72.8 Å². The third-order valence-corrected chi connectivity index (χ3v) is 18.1. The van der Waals surface area contributed by atoms with Crippen LogP contribution in [0, 0.1) is 39.3 Å². The molecule has 0 unspecified atom stereocenters. The molecular weight excluding hydrogens is 1460 g/mol. The van der Waals surface area contributed by atoms with E-state index in [1.165, 1.54) is 18.7 Å². The van der Waals surface area contributed by atoms with Crippen molar-refractivity contribution in [3.05, 3.63) is 346 Å². The highest BCUT2D eigenvalue weighted by atomic mass is 35.5. The van der Waals surface area contributed by atoms with Crippen LogP contribution in [0.1, 0.15) is 63.7 Å². The smallest absolute Gasteiger partial charge is 0.261 e. The van der Waals surface area contributed by atoms with Crippen LogP contribution in [0.25, 0.3) is 22.3 Å². The van der Waals surface area contributed by atoms with Gasteiger partial charge < -0.3 is 41.5 Å². The number of hydrogen-bond donors (Lipinski definition) is 6. The third-order valence-electron chi connectivity index (χ3n) is 17.2. The molecule has 8 aromatic heterocycles. The van der Waals surface area contributed by atoms with Crippen LogP contribution in [-0.2, 0) is 0 Å². The molecule has 548 valence electrons. The maximum absolute atomic E-state index is 13.8. The van der Waals surface area contributed by atoms with Gasteiger partial charge in [-0.2, -0.15) is 20.4 Å². The summed E-state index contributed by atoms with van der Waals surface area (Å²) in [6.07, 6.45) is 14.0. The van der Waals surface area contributed by atoms with Crippen LogP contribution in [0.5, 0.6) is 11.5 Å². The van der Waals surface area contributed by atoms with E-state index in [2.05, 4.69) is 80.2 Å². The second-order valence-electron chi connectivity index (χ2n) is 24.9. The van der Waals surface area contributed by atoms with Crippen molar-refractivity contribution in [2.45, 2.75) is 27.7 Å². The van der Waals surface area contributed by atoms with Crippen molar-refractivity contribution in [3.8, 4) is 11.5 Å². The van der Waals surface area contributed by atoms with E-state index < -0.39 is 23.1 Å². The zero-order chi connectivity index (χ0) is 77.0. The van der Waals surface area contributed by atoms with E-state index in [0.717, 1.165) is 85.2 Å². The van der Waals surface area contributed by atoms with Crippen LogP contribution in [0.15, 0.2) is 274 Å². The number of ether oxygens (including phenoxy) is 1. The minimum absolute atomic E-state index is 0.234. The molecule has 22 nitrogen and oxygen atoms in total. The molecule has 0 spiro atoms. The van der Waals surface area contributed by atoms with Gasteiger partial charge in [-0.25, -0.2) is 36.8 Å². The van der Waals surface area contributed by atoms with Crippen LogP contribution in [-0.4, -0.2) is 79.1 Å². The number of carbonyl (C=O) groups excluding carboxylic acids is 4. The molecule has 0 aliphatic rings. The lowest BCUT2D eigenvalue weighted by atomic mass is 10.1. The van der Waals surface area contributed by atoms with Crippen molar-refractivity contribution in [2.24, 2.45) is 0 Å². The summed E-state index contributed by atoms with van der Waals surface area (Å²) < 4.78 is 40.5. The number of rotatable bonds is 16. The molecule has 0 fully saturated rings. The van der Waals surface area contributed by atoms with E-state index in [9.17, 15) is 28.0 Å². The van der Waals surface area contributed by atoms with Crippen molar-refractivity contribution in [3.63, 3.8) is 0 Å². The Kier molecular flexibility index (Phi) is 22.8. The standard InChI is InChI=1S/C22H19ClN4O.C21H16ClN3O2.C20H16ClN5O.C20H15F2N5O/c1-15-14-27-18(10-11-24-27)13-21(15)26(2)17-7-5-6-16(12-17)25-22(28)19-8-3-4-9-20(19)23;1-14-11-16-9-10-23-25(16)13-20(14)27-17-6-4-5-15(12-17)24-21(26)18-7-2-3-8-19(18)22;1-13-9-19-22-12-23-26(19)11-18(13)24-14-5-4-6-15(10-14)25-20(27)16-7-2-3-8-17(16)21;1-12-8-18-23-11-24-27(18)10-17(12)25-13-4-2-5-14(9-13)26-20(28)19-15(21)6-3-7-16(19)22/h3-14H,1-2H3,(H,25,28);2-13H,1H3,(H,24,26);2-12,24H,1H3,(H,25,27);2-11,25H,1H3,(H,26,28). The Bertz CT molecular complexity index is 5900. The molecule has 0 aliphatic heterocycles. The van der Waals surface area contributed by atoms with Gasteiger partial charge in [-0.3, -0.25) is 19.2 Å². The quantitative estimate of drug-likeness (QED) is 0.0527. The Labute approximate surface area is 643 Å². The summed E-state index contributed by atoms with van der Waals surface area (Å²) in [4.78, 5) is 60.1. The first-order chi connectivity index (χ1) is 53.2. The third kappa shape index (κ3) is 18.0. The number of carbonyl (C=O) groups is 4. The van der Waals surface area contributed by atoms with E-state index in [-0.39, 0.29) is 17.7 Å². The lowest BCUT2D eigenvalue weighted by Gasteiger charge is -2.22. The second-order valence-corrected chi connectivity index (χ2v) is 26.2. The fraction of sp³-hybridized carbons (Fsp3) is 0.0602. The van der Waals surface area contributed by atoms with Gasteiger partial charge >= 0.3 is 0 Å². The minimum Gasteiger partial charge on any atom is -0.455 e. The SMILES string of the molecule is Cc1cc2ccnn2cc1Oc1cccc(NC(=O)c2ccccc2Cl)c1.Cc1cc2ncnn2cc1Nc1cccc(NC(=O)c2c(F)cccc2F)c1.Cc1cc2ncnn2cc1Nc1cccc(NC(=O)c2ccccc2Cl)c1.Cc1cn2nccc2cc1N(C)c1cccc(NC(=O)c2ccccc2Cl)c1. The lowest BCUT2D eigenvalue weighted by molar-refractivity contribution is 0.101. The summed E-state index contributed by atoms with van der Waals surface area (Å²) >= 11 is 18.3. The van der Waals surface area contributed by atoms with E-state index in [4.69, 9.17) is 39.5 Å². The number of benzene rings is 8. The Morgan fingerprint density at radius 2 is 0.827 bits per heavy atom. The average Bonchev–Trinajstić information content (AvgIpc) is 1.60. The van der Waals surface area contributed by atoms with Crippen molar-refractivity contribution in [1.29, 1.82) is 0 Å². The summed E-state index contributed by atoms with van der Waals surface area (Å²) in [5.74, 6) is -2.13. The van der Waals surface area contributed by atoms with E-state index in [1.807, 2.05) is 148 Å². The number of halogens is 5. The van der Waals surface area contributed by atoms with E-state index in [1.54, 1.807) is 135 Å². The van der Waals surface area contributed by atoms with Gasteiger partial charge in [0.15, 0.2) is 11.3 Å².